The number of aryl methyl sites for hydroxylation is 1. The molecular weight excluding hydrogens is 390 g/mol. The van der Waals surface area contributed by atoms with E-state index >= 15 is 0 Å². The van der Waals surface area contributed by atoms with E-state index in [0.717, 1.165) is 54.9 Å². The first-order valence-electron chi connectivity index (χ1n) is 10.8. The minimum atomic E-state index is -0.545. The number of carbonyl (C=O) groups is 2. The number of fused-ring (bicyclic) bond motifs is 2. The van der Waals surface area contributed by atoms with Crippen LogP contribution in [0.1, 0.15) is 57.9 Å². The first-order chi connectivity index (χ1) is 15.0. The van der Waals surface area contributed by atoms with Gasteiger partial charge in [-0.05, 0) is 43.5 Å². The van der Waals surface area contributed by atoms with Crippen LogP contribution in [0.3, 0.4) is 0 Å². The van der Waals surface area contributed by atoms with E-state index in [1.807, 2.05) is 42.2 Å². The predicted octanol–water partition coefficient (Wildman–Crippen LogP) is 2.85. The number of rotatable bonds is 4. The van der Waals surface area contributed by atoms with Crippen molar-refractivity contribution in [3.8, 4) is 0 Å². The molecule has 160 valence electrons. The fraction of sp³-hybridized carbons (Fsp3) is 0.375. The van der Waals surface area contributed by atoms with Crippen LogP contribution >= 0.6 is 0 Å². The lowest BCUT2D eigenvalue weighted by Gasteiger charge is -2.38. The molecule has 1 saturated heterocycles. The Kier molecular flexibility index (Phi) is 4.78. The fourth-order valence-corrected chi connectivity index (χ4v) is 5.19. The van der Waals surface area contributed by atoms with Crippen LogP contribution in [0.5, 0.6) is 0 Å². The molecule has 0 radical (unpaired) electrons. The van der Waals surface area contributed by atoms with Crippen LogP contribution < -0.4 is 5.73 Å². The molecule has 2 amide bonds. The highest BCUT2D eigenvalue weighted by molar-refractivity contribution is 6.09. The number of para-hydroxylation sites is 2. The number of primary amides is 1. The van der Waals surface area contributed by atoms with Crippen molar-refractivity contribution in [2.24, 2.45) is 12.8 Å². The number of carbonyl (C=O) groups excluding carboxylic acids is 2. The number of likely N-dealkylation sites (tertiary alicyclic amines) is 1. The molecular formula is C24H27N5O2. The summed E-state index contributed by atoms with van der Waals surface area (Å²) in [7, 11) is 2.07. The summed E-state index contributed by atoms with van der Waals surface area (Å²) in [6.45, 7) is 4.65. The number of aromatic nitrogens is 2. The third-order valence-corrected chi connectivity index (χ3v) is 6.87. The Labute approximate surface area is 181 Å². The largest absolute Gasteiger partial charge is 0.366 e. The van der Waals surface area contributed by atoms with Gasteiger partial charge in [0.25, 0.3) is 5.91 Å². The molecule has 2 aromatic carbocycles. The maximum atomic E-state index is 13.2. The summed E-state index contributed by atoms with van der Waals surface area (Å²) < 4.78 is 2.16. The molecule has 5 rings (SSSR count). The number of piperidine rings is 1. The normalized spacial score (nSPS) is 19.9. The summed E-state index contributed by atoms with van der Waals surface area (Å²) in [5.41, 5.74) is 9.42. The maximum absolute atomic E-state index is 13.2. The van der Waals surface area contributed by atoms with Crippen molar-refractivity contribution in [3.63, 3.8) is 0 Å². The van der Waals surface area contributed by atoms with Crippen LogP contribution in [0, 0.1) is 0 Å². The van der Waals surface area contributed by atoms with E-state index in [9.17, 15) is 9.59 Å². The van der Waals surface area contributed by atoms with Crippen molar-refractivity contribution < 1.29 is 9.59 Å². The monoisotopic (exact) mass is 417 g/mol. The fourth-order valence-electron chi connectivity index (χ4n) is 5.19. The van der Waals surface area contributed by atoms with Crippen LogP contribution in [0.15, 0.2) is 42.5 Å². The SMILES string of the molecule is CC1c2cccc(C(N)=O)c2C(=O)N1C1CCN(Cc2nc3ccccc3n2C)CC1. The predicted molar refractivity (Wildman–Crippen MR) is 119 cm³/mol. The van der Waals surface area contributed by atoms with Gasteiger partial charge in [0.2, 0.25) is 5.91 Å². The molecule has 2 aliphatic heterocycles. The van der Waals surface area contributed by atoms with E-state index in [1.54, 1.807) is 6.07 Å². The highest BCUT2D eigenvalue weighted by atomic mass is 16.2. The third-order valence-electron chi connectivity index (χ3n) is 6.87. The molecule has 1 atom stereocenters. The number of nitrogens with two attached hydrogens (primary N) is 1. The maximum Gasteiger partial charge on any atom is 0.255 e. The molecule has 2 N–H and O–H groups in total. The van der Waals surface area contributed by atoms with Gasteiger partial charge in [0, 0.05) is 26.2 Å². The van der Waals surface area contributed by atoms with Gasteiger partial charge < -0.3 is 15.2 Å². The quantitative estimate of drug-likeness (QED) is 0.707. The average Bonchev–Trinajstić information content (AvgIpc) is 3.22. The van der Waals surface area contributed by atoms with Gasteiger partial charge in [-0.3, -0.25) is 14.5 Å². The summed E-state index contributed by atoms with van der Waals surface area (Å²) in [6, 6.07) is 13.7. The summed E-state index contributed by atoms with van der Waals surface area (Å²) in [5.74, 6) is 0.450. The minimum Gasteiger partial charge on any atom is -0.366 e. The van der Waals surface area contributed by atoms with Crippen molar-refractivity contribution in [2.45, 2.75) is 38.4 Å². The summed E-state index contributed by atoms with van der Waals surface area (Å²) >= 11 is 0. The summed E-state index contributed by atoms with van der Waals surface area (Å²) in [4.78, 5) is 34.2. The zero-order chi connectivity index (χ0) is 21.7. The van der Waals surface area contributed by atoms with Crippen LogP contribution in [-0.2, 0) is 13.6 Å². The highest BCUT2D eigenvalue weighted by Crippen LogP contribution is 2.38. The Balaban J connectivity index is 1.29. The molecule has 1 unspecified atom stereocenters. The molecule has 1 aromatic heterocycles. The van der Waals surface area contributed by atoms with Crippen LogP contribution in [0.25, 0.3) is 11.0 Å². The van der Waals surface area contributed by atoms with Gasteiger partial charge in [-0.15, -0.1) is 0 Å². The van der Waals surface area contributed by atoms with Gasteiger partial charge in [0.1, 0.15) is 5.82 Å². The molecule has 0 bridgehead atoms. The lowest BCUT2D eigenvalue weighted by molar-refractivity contribution is 0.0507. The minimum absolute atomic E-state index is 0.0433. The molecule has 31 heavy (non-hydrogen) atoms. The first-order valence-corrected chi connectivity index (χ1v) is 10.8. The third kappa shape index (κ3) is 3.20. The number of hydrogen-bond donors (Lipinski definition) is 1. The zero-order valence-electron chi connectivity index (χ0n) is 17.9. The topological polar surface area (TPSA) is 84.5 Å². The number of hydrogen-bond acceptors (Lipinski definition) is 4. The second kappa shape index (κ2) is 7.50. The van der Waals surface area contributed by atoms with E-state index in [0.29, 0.717) is 11.1 Å². The number of amides is 2. The molecule has 7 heteroatoms. The lowest BCUT2D eigenvalue weighted by Crippen LogP contribution is -2.46. The van der Waals surface area contributed by atoms with Gasteiger partial charge in [-0.25, -0.2) is 4.98 Å². The summed E-state index contributed by atoms with van der Waals surface area (Å²) in [6.07, 6.45) is 1.81. The van der Waals surface area contributed by atoms with Crippen LogP contribution in [-0.4, -0.2) is 50.3 Å². The van der Waals surface area contributed by atoms with Crippen molar-refractivity contribution >= 4 is 22.8 Å². The number of nitrogens with zero attached hydrogens (tertiary/aromatic N) is 4. The Bertz CT molecular complexity index is 1180. The Morgan fingerprint density at radius 2 is 1.87 bits per heavy atom. The summed E-state index contributed by atoms with van der Waals surface area (Å²) in [5, 5.41) is 0. The Morgan fingerprint density at radius 1 is 1.13 bits per heavy atom. The average molecular weight is 418 g/mol. The van der Waals surface area contributed by atoms with Crippen molar-refractivity contribution in [1.82, 2.24) is 19.4 Å². The molecule has 0 spiro atoms. The standard InChI is InChI=1S/C24H27N5O2/c1-15-17-6-5-7-18(23(25)30)22(17)24(31)29(15)16-10-12-28(13-11-16)14-21-26-19-8-3-4-9-20(19)27(21)2/h3-9,15-16H,10-14H2,1-2H3,(H2,25,30). The Morgan fingerprint density at radius 3 is 2.58 bits per heavy atom. The van der Waals surface area contributed by atoms with Crippen molar-refractivity contribution in [3.05, 3.63) is 65.0 Å². The van der Waals surface area contributed by atoms with Crippen molar-refractivity contribution in [2.75, 3.05) is 13.1 Å². The number of imidazole rings is 1. The molecule has 3 aromatic rings. The lowest BCUT2D eigenvalue weighted by atomic mass is 9.99. The second-order valence-corrected chi connectivity index (χ2v) is 8.61. The van der Waals surface area contributed by atoms with Gasteiger partial charge in [-0.1, -0.05) is 24.3 Å². The van der Waals surface area contributed by atoms with E-state index in [2.05, 4.69) is 22.6 Å². The smallest absolute Gasteiger partial charge is 0.255 e. The van der Waals surface area contributed by atoms with Gasteiger partial charge in [-0.2, -0.15) is 0 Å². The van der Waals surface area contributed by atoms with Crippen molar-refractivity contribution in [1.29, 1.82) is 0 Å². The first kappa shape index (κ1) is 19.8. The van der Waals surface area contributed by atoms with Crippen LogP contribution in [0.4, 0.5) is 0 Å². The van der Waals surface area contributed by atoms with E-state index in [-0.39, 0.29) is 18.0 Å². The van der Waals surface area contributed by atoms with Crippen LogP contribution in [0.2, 0.25) is 0 Å². The van der Waals surface area contributed by atoms with E-state index < -0.39 is 5.91 Å². The molecule has 2 aliphatic rings. The number of benzene rings is 2. The van der Waals surface area contributed by atoms with E-state index in [4.69, 9.17) is 10.7 Å². The second-order valence-electron chi connectivity index (χ2n) is 8.61. The highest BCUT2D eigenvalue weighted by Gasteiger charge is 2.41. The van der Waals surface area contributed by atoms with Gasteiger partial charge in [0.15, 0.2) is 0 Å². The molecule has 7 nitrogen and oxygen atoms in total. The molecule has 3 heterocycles. The Hall–Kier alpha value is -3.19. The molecule has 1 fully saturated rings. The van der Waals surface area contributed by atoms with E-state index in [1.165, 1.54) is 0 Å². The molecule has 0 aliphatic carbocycles. The zero-order valence-corrected chi connectivity index (χ0v) is 17.9. The molecule has 0 saturated carbocycles. The van der Waals surface area contributed by atoms with Gasteiger partial charge in [0.05, 0.1) is 34.7 Å². The van der Waals surface area contributed by atoms with Gasteiger partial charge >= 0.3 is 0 Å².